The second-order valence-electron chi connectivity index (χ2n) is 8.46. The molecule has 0 bridgehead atoms. The molecule has 3 aromatic rings. The average Bonchev–Trinajstić information content (AvgIpc) is 3.43. The van der Waals surface area contributed by atoms with Crippen molar-refractivity contribution < 1.29 is 4.74 Å². The van der Waals surface area contributed by atoms with Gasteiger partial charge in [-0.1, -0.05) is 30.3 Å². The molecule has 1 aromatic carbocycles. The summed E-state index contributed by atoms with van der Waals surface area (Å²) in [5.74, 6) is 0.834. The number of anilines is 1. The normalized spacial score (nSPS) is 19.1. The van der Waals surface area contributed by atoms with Gasteiger partial charge in [-0.25, -0.2) is 4.98 Å². The number of piperidine rings is 1. The lowest BCUT2D eigenvalue weighted by Gasteiger charge is -2.30. The van der Waals surface area contributed by atoms with Gasteiger partial charge in [0, 0.05) is 26.2 Å². The number of aromatic nitrogens is 3. The highest BCUT2D eigenvalue weighted by Crippen LogP contribution is 2.32. The van der Waals surface area contributed by atoms with E-state index < -0.39 is 0 Å². The van der Waals surface area contributed by atoms with E-state index in [1.165, 1.54) is 6.42 Å². The smallest absolute Gasteiger partial charge is 0.278 e. The predicted molar refractivity (Wildman–Crippen MR) is 119 cm³/mol. The summed E-state index contributed by atoms with van der Waals surface area (Å²) in [5.41, 5.74) is 2.52. The molecular formula is C24H27N5O2. The first-order valence-corrected chi connectivity index (χ1v) is 11.2. The molecule has 0 saturated carbocycles. The van der Waals surface area contributed by atoms with Gasteiger partial charge >= 0.3 is 0 Å². The third-order valence-corrected chi connectivity index (χ3v) is 6.38. The molecule has 160 valence electrons. The van der Waals surface area contributed by atoms with Gasteiger partial charge in [0.1, 0.15) is 28.5 Å². The van der Waals surface area contributed by atoms with Gasteiger partial charge in [0.05, 0.1) is 19.0 Å². The van der Waals surface area contributed by atoms with Crippen molar-refractivity contribution in [2.45, 2.75) is 51.3 Å². The number of rotatable bonds is 5. The van der Waals surface area contributed by atoms with E-state index in [1.54, 1.807) is 10.9 Å². The van der Waals surface area contributed by atoms with Crippen LogP contribution in [0.25, 0.3) is 11.0 Å². The van der Waals surface area contributed by atoms with Gasteiger partial charge in [-0.3, -0.25) is 9.36 Å². The fourth-order valence-electron chi connectivity index (χ4n) is 4.85. The Hall–Kier alpha value is -3.11. The molecule has 0 spiro atoms. The van der Waals surface area contributed by atoms with Crippen LogP contribution in [0.4, 0.5) is 5.82 Å². The van der Waals surface area contributed by atoms with Crippen LogP contribution < -0.4 is 10.5 Å². The Kier molecular flexibility index (Phi) is 5.47. The topological polar surface area (TPSA) is 76.1 Å². The van der Waals surface area contributed by atoms with Crippen molar-refractivity contribution in [1.82, 2.24) is 14.1 Å². The van der Waals surface area contributed by atoms with Gasteiger partial charge in [-0.05, 0) is 37.7 Å². The van der Waals surface area contributed by atoms with Gasteiger partial charge < -0.3 is 14.2 Å². The van der Waals surface area contributed by atoms with Crippen molar-refractivity contribution in [3.63, 3.8) is 0 Å². The molecule has 0 radical (unpaired) electrons. The zero-order chi connectivity index (χ0) is 21.2. The van der Waals surface area contributed by atoms with Gasteiger partial charge in [-0.15, -0.1) is 0 Å². The molecule has 1 unspecified atom stereocenters. The SMILES string of the molecule is N#Cc1c(N2CCCCC2)n(Cc2ccccc2)c2c(=O)n(CC3CCCO3)cnc12. The monoisotopic (exact) mass is 417 g/mol. The van der Waals surface area contributed by atoms with Crippen molar-refractivity contribution >= 4 is 16.9 Å². The fourth-order valence-corrected chi connectivity index (χ4v) is 4.85. The number of nitrogens with zero attached hydrogens (tertiary/aromatic N) is 5. The van der Waals surface area contributed by atoms with Crippen LogP contribution in [0.15, 0.2) is 41.5 Å². The van der Waals surface area contributed by atoms with E-state index in [1.807, 2.05) is 22.8 Å². The number of hydrogen-bond acceptors (Lipinski definition) is 5. The van der Waals surface area contributed by atoms with Crippen LogP contribution in [-0.2, 0) is 17.8 Å². The van der Waals surface area contributed by atoms with Crippen LogP contribution in [0.5, 0.6) is 0 Å². The standard InChI is InChI=1S/C24H27N5O2/c25-14-20-21-22(24(30)28(17-26-21)16-19-10-7-13-31-19)29(15-18-8-3-1-4-9-18)23(20)27-11-5-2-6-12-27/h1,3-4,8-9,17,19H,2,5-7,10-13,15-16H2. The van der Waals surface area contributed by atoms with Crippen molar-refractivity contribution in [3.8, 4) is 6.07 Å². The van der Waals surface area contributed by atoms with Crippen molar-refractivity contribution in [2.24, 2.45) is 0 Å². The molecule has 2 fully saturated rings. The summed E-state index contributed by atoms with van der Waals surface area (Å²) >= 11 is 0. The molecule has 4 heterocycles. The first-order valence-electron chi connectivity index (χ1n) is 11.2. The quantitative estimate of drug-likeness (QED) is 0.637. The summed E-state index contributed by atoms with van der Waals surface area (Å²) in [5, 5.41) is 10.1. The Morgan fingerprint density at radius 1 is 1.13 bits per heavy atom. The Labute approximate surface area is 181 Å². The number of benzene rings is 1. The second-order valence-corrected chi connectivity index (χ2v) is 8.46. The Morgan fingerprint density at radius 2 is 1.94 bits per heavy atom. The lowest BCUT2D eigenvalue weighted by molar-refractivity contribution is 0.0960. The summed E-state index contributed by atoms with van der Waals surface area (Å²) in [6.45, 7) is 3.57. The molecule has 0 aliphatic carbocycles. The second kappa shape index (κ2) is 8.56. The molecule has 7 heteroatoms. The first kappa shape index (κ1) is 19.8. The van der Waals surface area contributed by atoms with E-state index in [-0.39, 0.29) is 11.7 Å². The Bertz CT molecular complexity index is 1160. The maximum Gasteiger partial charge on any atom is 0.278 e. The number of fused-ring (bicyclic) bond motifs is 1. The van der Waals surface area contributed by atoms with Crippen molar-refractivity contribution in [3.05, 3.63) is 58.1 Å². The molecule has 2 aliphatic heterocycles. The highest BCUT2D eigenvalue weighted by atomic mass is 16.5. The van der Waals surface area contributed by atoms with E-state index in [4.69, 9.17) is 4.74 Å². The number of hydrogen-bond donors (Lipinski definition) is 0. The van der Waals surface area contributed by atoms with Crippen LogP contribution in [0, 0.1) is 11.3 Å². The third-order valence-electron chi connectivity index (χ3n) is 6.38. The highest BCUT2D eigenvalue weighted by molar-refractivity contribution is 5.89. The van der Waals surface area contributed by atoms with E-state index in [2.05, 4.69) is 28.1 Å². The molecule has 0 amide bonds. The lowest BCUT2D eigenvalue weighted by Crippen LogP contribution is -2.32. The molecule has 0 N–H and O–H groups in total. The molecule has 2 aromatic heterocycles. The first-order chi connectivity index (χ1) is 15.3. The summed E-state index contributed by atoms with van der Waals surface area (Å²) in [6.07, 6.45) is 6.99. The summed E-state index contributed by atoms with van der Waals surface area (Å²) in [4.78, 5) is 20.5. The van der Waals surface area contributed by atoms with E-state index in [9.17, 15) is 10.1 Å². The third kappa shape index (κ3) is 3.72. The fraction of sp³-hybridized carbons (Fsp3) is 0.458. The van der Waals surface area contributed by atoms with Crippen LogP contribution in [0.3, 0.4) is 0 Å². The molecule has 2 saturated heterocycles. The number of nitriles is 1. The predicted octanol–water partition coefficient (Wildman–Crippen LogP) is 3.29. The summed E-state index contributed by atoms with van der Waals surface area (Å²) in [6, 6.07) is 12.5. The largest absolute Gasteiger partial charge is 0.376 e. The van der Waals surface area contributed by atoms with Gasteiger partial charge in [0.25, 0.3) is 5.56 Å². The van der Waals surface area contributed by atoms with E-state index in [0.717, 1.165) is 56.8 Å². The minimum Gasteiger partial charge on any atom is -0.376 e. The molecule has 5 rings (SSSR count). The molecule has 2 aliphatic rings. The zero-order valence-corrected chi connectivity index (χ0v) is 17.7. The minimum absolute atomic E-state index is 0.0477. The number of ether oxygens (including phenoxy) is 1. The summed E-state index contributed by atoms with van der Waals surface area (Å²) in [7, 11) is 0. The van der Waals surface area contributed by atoms with Crippen LogP contribution in [-0.4, -0.2) is 39.9 Å². The van der Waals surface area contributed by atoms with Gasteiger partial charge in [-0.2, -0.15) is 5.26 Å². The van der Waals surface area contributed by atoms with E-state index >= 15 is 0 Å². The zero-order valence-electron chi connectivity index (χ0n) is 17.7. The van der Waals surface area contributed by atoms with Crippen LogP contribution >= 0.6 is 0 Å². The van der Waals surface area contributed by atoms with E-state index in [0.29, 0.717) is 29.7 Å². The minimum atomic E-state index is -0.101. The lowest BCUT2D eigenvalue weighted by atomic mass is 10.1. The molecular weight excluding hydrogens is 390 g/mol. The maximum atomic E-state index is 13.6. The average molecular weight is 418 g/mol. The van der Waals surface area contributed by atoms with Crippen LogP contribution in [0.1, 0.15) is 43.2 Å². The Balaban J connectivity index is 1.69. The van der Waals surface area contributed by atoms with Gasteiger partial charge in [0.2, 0.25) is 0 Å². The maximum absolute atomic E-state index is 13.6. The van der Waals surface area contributed by atoms with Crippen molar-refractivity contribution in [1.29, 1.82) is 5.26 Å². The Morgan fingerprint density at radius 3 is 2.65 bits per heavy atom. The summed E-state index contributed by atoms with van der Waals surface area (Å²) < 4.78 is 9.42. The van der Waals surface area contributed by atoms with Crippen molar-refractivity contribution in [2.75, 3.05) is 24.6 Å². The molecule has 7 nitrogen and oxygen atoms in total. The van der Waals surface area contributed by atoms with Crippen LogP contribution in [0.2, 0.25) is 0 Å². The molecule has 31 heavy (non-hydrogen) atoms. The van der Waals surface area contributed by atoms with Gasteiger partial charge in [0.15, 0.2) is 0 Å². The molecule has 1 atom stereocenters. The highest BCUT2D eigenvalue weighted by Gasteiger charge is 2.27.